The van der Waals surface area contributed by atoms with Gasteiger partial charge in [-0.25, -0.2) is 0 Å². The Balaban J connectivity index is 1.79. The molecule has 0 bridgehead atoms. The highest BCUT2D eigenvalue weighted by atomic mass is 16.5. The molecule has 5 heteroatoms. The molecule has 0 aromatic rings. The molecule has 2 fully saturated rings. The summed E-state index contributed by atoms with van der Waals surface area (Å²) < 4.78 is 5.37. The average Bonchev–Trinajstić information content (AvgIpc) is 2.39. The highest BCUT2D eigenvalue weighted by molar-refractivity contribution is 5.81. The minimum Gasteiger partial charge on any atom is -0.381 e. The SMILES string of the molecule is CC(N)C(=O)N1CCN(C2CCOCC2)CC1. The fourth-order valence-corrected chi connectivity index (χ4v) is 2.65. The zero-order chi connectivity index (χ0) is 12.3. The predicted molar refractivity (Wildman–Crippen MR) is 65.6 cm³/mol. The van der Waals surface area contributed by atoms with E-state index in [1.165, 1.54) is 0 Å². The monoisotopic (exact) mass is 241 g/mol. The maximum atomic E-state index is 11.7. The lowest BCUT2D eigenvalue weighted by Gasteiger charge is -2.41. The first kappa shape index (κ1) is 12.8. The van der Waals surface area contributed by atoms with Crippen LogP contribution < -0.4 is 5.73 Å². The van der Waals surface area contributed by atoms with Crippen molar-refractivity contribution in [2.45, 2.75) is 31.8 Å². The molecule has 0 aromatic heterocycles. The van der Waals surface area contributed by atoms with E-state index < -0.39 is 0 Å². The number of amides is 1. The van der Waals surface area contributed by atoms with Gasteiger partial charge in [0.2, 0.25) is 5.91 Å². The lowest BCUT2D eigenvalue weighted by Crippen LogP contribution is -2.55. The maximum Gasteiger partial charge on any atom is 0.239 e. The van der Waals surface area contributed by atoms with Crippen molar-refractivity contribution in [3.63, 3.8) is 0 Å². The zero-order valence-electron chi connectivity index (χ0n) is 10.6. The molecule has 2 rings (SSSR count). The van der Waals surface area contributed by atoms with Crippen LogP contribution in [-0.4, -0.2) is 67.2 Å². The minimum atomic E-state index is -0.371. The number of carbonyl (C=O) groups excluding carboxylic acids is 1. The van der Waals surface area contributed by atoms with Crippen molar-refractivity contribution >= 4 is 5.91 Å². The predicted octanol–water partition coefficient (Wildman–Crippen LogP) is -0.343. The van der Waals surface area contributed by atoms with E-state index in [1.54, 1.807) is 6.92 Å². The van der Waals surface area contributed by atoms with Crippen LogP contribution in [0.2, 0.25) is 0 Å². The molecule has 0 aliphatic carbocycles. The second kappa shape index (κ2) is 5.80. The Morgan fingerprint density at radius 3 is 2.35 bits per heavy atom. The van der Waals surface area contributed by atoms with Crippen molar-refractivity contribution in [3.8, 4) is 0 Å². The molecule has 0 saturated carbocycles. The first-order chi connectivity index (χ1) is 8.18. The fourth-order valence-electron chi connectivity index (χ4n) is 2.65. The van der Waals surface area contributed by atoms with E-state index in [4.69, 9.17) is 10.5 Å². The summed E-state index contributed by atoms with van der Waals surface area (Å²) in [7, 11) is 0. The number of hydrogen-bond donors (Lipinski definition) is 1. The molecule has 1 unspecified atom stereocenters. The third-order valence-electron chi connectivity index (χ3n) is 3.72. The van der Waals surface area contributed by atoms with Gasteiger partial charge in [0.05, 0.1) is 6.04 Å². The van der Waals surface area contributed by atoms with Crippen LogP contribution in [0.5, 0.6) is 0 Å². The third kappa shape index (κ3) is 3.18. The molecule has 0 spiro atoms. The Labute approximate surface area is 103 Å². The summed E-state index contributed by atoms with van der Waals surface area (Å²) in [5.41, 5.74) is 5.62. The summed E-state index contributed by atoms with van der Waals surface area (Å²) in [5, 5.41) is 0. The average molecular weight is 241 g/mol. The molecule has 2 aliphatic rings. The van der Waals surface area contributed by atoms with E-state index in [9.17, 15) is 4.79 Å². The number of nitrogens with two attached hydrogens (primary N) is 1. The van der Waals surface area contributed by atoms with E-state index in [0.29, 0.717) is 6.04 Å². The lowest BCUT2D eigenvalue weighted by molar-refractivity contribution is -0.134. The van der Waals surface area contributed by atoms with Crippen LogP contribution in [-0.2, 0) is 9.53 Å². The van der Waals surface area contributed by atoms with Crippen molar-refractivity contribution in [1.29, 1.82) is 0 Å². The smallest absolute Gasteiger partial charge is 0.239 e. The number of piperazine rings is 1. The Hall–Kier alpha value is -0.650. The van der Waals surface area contributed by atoms with E-state index >= 15 is 0 Å². The second-order valence-electron chi connectivity index (χ2n) is 4.99. The van der Waals surface area contributed by atoms with Crippen LogP contribution in [0, 0.1) is 0 Å². The van der Waals surface area contributed by atoms with Gasteiger partial charge in [-0.05, 0) is 19.8 Å². The van der Waals surface area contributed by atoms with Crippen LogP contribution in [0.15, 0.2) is 0 Å². The summed E-state index contributed by atoms with van der Waals surface area (Å²) >= 11 is 0. The van der Waals surface area contributed by atoms with Crippen LogP contribution in [0.25, 0.3) is 0 Å². The van der Waals surface area contributed by atoms with Crippen LogP contribution in [0.3, 0.4) is 0 Å². The van der Waals surface area contributed by atoms with Gasteiger partial charge in [-0.15, -0.1) is 0 Å². The first-order valence-corrected chi connectivity index (χ1v) is 6.54. The molecule has 1 atom stereocenters. The van der Waals surface area contributed by atoms with Gasteiger partial charge in [-0.1, -0.05) is 0 Å². The second-order valence-corrected chi connectivity index (χ2v) is 4.99. The van der Waals surface area contributed by atoms with Gasteiger partial charge < -0.3 is 15.4 Å². The van der Waals surface area contributed by atoms with E-state index in [-0.39, 0.29) is 11.9 Å². The van der Waals surface area contributed by atoms with Crippen molar-refractivity contribution in [2.24, 2.45) is 5.73 Å². The molecule has 0 radical (unpaired) electrons. The largest absolute Gasteiger partial charge is 0.381 e. The summed E-state index contributed by atoms with van der Waals surface area (Å²) in [6, 6.07) is 0.279. The van der Waals surface area contributed by atoms with E-state index in [2.05, 4.69) is 4.90 Å². The number of hydrogen-bond acceptors (Lipinski definition) is 4. The van der Waals surface area contributed by atoms with E-state index in [0.717, 1.165) is 52.2 Å². The van der Waals surface area contributed by atoms with Crippen molar-refractivity contribution in [2.75, 3.05) is 39.4 Å². The van der Waals surface area contributed by atoms with Crippen LogP contribution >= 0.6 is 0 Å². The minimum absolute atomic E-state index is 0.0802. The quantitative estimate of drug-likeness (QED) is 0.718. The Kier molecular flexibility index (Phi) is 4.36. The maximum absolute atomic E-state index is 11.7. The number of carbonyl (C=O) groups is 1. The highest BCUT2D eigenvalue weighted by Gasteiger charge is 2.27. The van der Waals surface area contributed by atoms with Gasteiger partial charge in [0, 0.05) is 45.4 Å². The Bertz CT molecular complexity index is 256. The molecule has 2 heterocycles. The highest BCUT2D eigenvalue weighted by Crippen LogP contribution is 2.16. The molecular formula is C12H23N3O2. The number of rotatable bonds is 2. The van der Waals surface area contributed by atoms with Gasteiger partial charge in [0.25, 0.3) is 0 Å². The van der Waals surface area contributed by atoms with Gasteiger partial charge in [-0.3, -0.25) is 9.69 Å². The molecule has 2 N–H and O–H groups in total. The van der Waals surface area contributed by atoms with Crippen LogP contribution in [0.1, 0.15) is 19.8 Å². The Morgan fingerprint density at radius 2 is 1.82 bits per heavy atom. The van der Waals surface area contributed by atoms with Crippen molar-refractivity contribution < 1.29 is 9.53 Å². The lowest BCUT2D eigenvalue weighted by atomic mass is 10.1. The molecule has 2 saturated heterocycles. The molecule has 1 amide bonds. The van der Waals surface area contributed by atoms with Gasteiger partial charge in [0.1, 0.15) is 0 Å². The van der Waals surface area contributed by atoms with Gasteiger partial charge in [-0.2, -0.15) is 0 Å². The van der Waals surface area contributed by atoms with E-state index in [1.807, 2.05) is 4.90 Å². The third-order valence-corrected chi connectivity index (χ3v) is 3.72. The topological polar surface area (TPSA) is 58.8 Å². The molecule has 2 aliphatic heterocycles. The fraction of sp³-hybridized carbons (Fsp3) is 0.917. The molecule has 5 nitrogen and oxygen atoms in total. The first-order valence-electron chi connectivity index (χ1n) is 6.54. The molecule has 98 valence electrons. The summed E-state index contributed by atoms with van der Waals surface area (Å²) in [6.07, 6.45) is 2.25. The summed E-state index contributed by atoms with van der Waals surface area (Å²) in [5.74, 6) is 0.0802. The standard InChI is InChI=1S/C12H23N3O2/c1-10(13)12(16)15-6-4-14(5-7-15)11-2-8-17-9-3-11/h10-11H,2-9,13H2,1H3. The normalized spacial score (nSPS) is 25.9. The van der Waals surface area contributed by atoms with Gasteiger partial charge in [0.15, 0.2) is 0 Å². The summed E-state index contributed by atoms with van der Waals surface area (Å²) in [6.45, 7) is 7.10. The van der Waals surface area contributed by atoms with Gasteiger partial charge >= 0.3 is 0 Å². The van der Waals surface area contributed by atoms with Crippen molar-refractivity contribution in [1.82, 2.24) is 9.80 Å². The van der Waals surface area contributed by atoms with Crippen LogP contribution in [0.4, 0.5) is 0 Å². The molecular weight excluding hydrogens is 218 g/mol. The zero-order valence-corrected chi connectivity index (χ0v) is 10.6. The number of ether oxygens (including phenoxy) is 1. The number of nitrogens with zero attached hydrogens (tertiary/aromatic N) is 2. The van der Waals surface area contributed by atoms with Crippen molar-refractivity contribution in [3.05, 3.63) is 0 Å². The Morgan fingerprint density at radius 1 is 1.24 bits per heavy atom. The molecule has 0 aromatic carbocycles. The molecule has 17 heavy (non-hydrogen) atoms. The summed E-state index contributed by atoms with van der Waals surface area (Å²) in [4.78, 5) is 16.1.